The molecule has 0 saturated heterocycles. The van der Waals surface area contributed by atoms with Crippen LogP contribution in [0.15, 0.2) is 84.9 Å². The van der Waals surface area contributed by atoms with Gasteiger partial charge in [0.05, 0.1) is 4.75 Å². The minimum atomic E-state index is -0.129. The van der Waals surface area contributed by atoms with E-state index in [0.717, 1.165) is 12.2 Å². The molecule has 0 aliphatic carbocycles. The molecular weight excluding hydrogens is 322 g/mol. The lowest BCUT2D eigenvalue weighted by molar-refractivity contribution is 0.733. The van der Waals surface area contributed by atoms with Crippen LogP contribution in [0.4, 0.5) is 0 Å². The van der Waals surface area contributed by atoms with E-state index in [-0.39, 0.29) is 4.75 Å². The standard InChI is InChI=1S/C23H25NS/c1-19-12-14-22(15-13-19)23(25-17-16-24,21-10-6-3-7-11-21)18-20-8-4-2-5-9-20/h2-15H,16-18,24H2,1H3. The molecule has 2 N–H and O–H groups in total. The Morgan fingerprint density at radius 3 is 1.92 bits per heavy atom. The molecule has 2 heteroatoms. The van der Waals surface area contributed by atoms with Gasteiger partial charge in [0.2, 0.25) is 0 Å². The van der Waals surface area contributed by atoms with Gasteiger partial charge in [0.25, 0.3) is 0 Å². The molecule has 1 unspecified atom stereocenters. The number of rotatable bonds is 7. The first-order chi connectivity index (χ1) is 12.2. The molecule has 3 aromatic rings. The zero-order chi connectivity index (χ0) is 17.5. The number of nitrogens with two attached hydrogens (primary N) is 1. The normalized spacial score (nSPS) is 13.4. The van der Waals surface area contributed by atoms with Crippen molar-refractivity contribution >= 4 is 11.8 Å². The molecule has 0 bridgehead atoms. The summed E-state index contributed by atoms with van der Waals surface area (Å²) in [6.07, 6.45) is 0.950. The highest BCUT2D eigenvalue weighted by atomic mass is 32.2. The lowest BCUT2D eigenvalue weighted by Gasteiger charge is -2.35. The topological polar surface area (TPSA) is 26.0 Å². The van der Waals surface area contributed by atoms with Crippen LogP contribution in [-0.4, -0.2) is 12.3 Å². The van der Waals surface area contributed by atoms with Crippen LogP contribution in [0.2, 0.25) is 0 Å². The van der Waals surface area contributed by atoms with Gasteiger partial charge >= 0.3 is 0 Å². The predicted octanol–water partition coefficient (Wildman–Crippen LogP) is 5.17. The molecule has 0 aliphatic rings. The van der Waals surface area contributed by atoms with Crippen LogP contribution in [0.5, 0.6) is 0 Å². The molecule has 0 aliphatic heterocycles. The van der Waals surface area contributed by atoms with Gasteiger partial charge in [-0.05, 0) is 30.0 Å². The minimum Gasteiger partial charge on any atom is -0.330 e. The summed E-state index contributed by atoms with van der Waals surface area (Å²) in [5.74, 6) is 0.926. The van der Waals surface area contributed by atoms with Crippen molar-refractivity contribution in [2.45, 2.75) is 18.1 Å². The molecule has 3 aromatic carbocycles. The van der Waals surface area contributed by atoms with E-state index in [1.54, 1.807) is 0 Å². The van der Waals surface area contributed by atoms with Crippen molar-refractivity contribution in [2.75, 3.05) is 12.3 Å². The molecule has 128 valence electrons. The third-order valence-corrected chi connectivity index (χ3v) is 6.07. The van der Waals surface area contributed by atoms with Crippen molar-refractivity contribution in [3.8, 4) is 0 Å². The molecule has 0 spiro atoms. The second kappa shape index (κ2) is 8.37. The van der Waals surface area contributed by atoms with Crippen LogP contribution in [0.25, 0.3) is 0 Å². The van der Waals surface area contributed by atoms with Crippen molar-refractivity contribution in [3.63, 3.8) is 0 Å². The molecule has 3 rings (SSSR count). The lowest BCUT2D eigenvalue weighted by atomic mass is 9.84. The van der Waals surface area contributed by atoms with Crippen molar-refractivity contribution in [3.05, 3.63) is 107 Å². The van der Waals surface area contributed by atoms with E-state index in [0.29, 0.717) is 6.54 Å². The maximum atomic E-state index is 5.89. The zero-order valence-corrected chi connectivity index (χ0v) is 15.5. The Labute approximate surface area is 155 Å². The highest BCUT2D eigenvalue weighted by Crippen LogP contribution is 2.45. The monoisotopic (exact) mass is 347 g/mol. The quantitative estimate of drug-likeness (QED) is 0.638. The molecule has 0 saturated carbocycles. The van der Waals surface area contributed by atoms with E-state index < -0.39 is 0 Å². The van der Waals surface area contributed by atoms with Gasteiger partial charge in [-0.25, -0.2) is 0 Å². The van der Waals surface area contributed by atoms with Crippen LogP contribution in [-0.2, 0) is 11.2 Å². The third-order valence-electron chi connectivity index (χ3n) is 4.52. The predicted molar refractivity (Wildman–Crippen MR) is 110 cm³/mol. The molecule has 1 atom stereocenters. The van der Waals surface area contributed by atoms with Gasteiger partial charge in [0.1, 0.15) is 0 Å². The van der Waals surface area contributed by atoms with Crippen LogP contribution in [0, 0.1) is 6.92 Å². The van der Waals surface area contributed by atoms with Gasteiger partial charge in [-0.3, -0.25) is 0 Å². The van der Waals surface area contributed by atoms with E-state index in [1.807, 2.05) is 11.8 Å². The second-order valence-corrected chi connectivity index (χ2v) is 7.75. The van der Waals surface area contributed by atoms with Gasteiger partial charge in [-0.2, -0.15) is 0 Å². The Bertz CT molecular complexity index is 768. The van der Waals surface area contributed by atoms with Crippen LogP contribution < -0.4 is 5.73 Å². The van der Waals surface area contributed by atoms with E-state index >= 15 is 0 Å². The number of hydrogen-bond donors (Lipinski definition) is 1. The summed E-state index contributed by atoms with van der Waals surface area (Å²) in [4.78, 5) is 0. The SMILES string of the molecule is Cc1ccc(C(Cc2ccccc2)(SCCN)c2ccccc2)cc1. The molecule has 0 amide bonds. The van der Waals surface area contributed by atoms with Gasteiger partial charge < -0.3 is 5.73 Å². The van der Waals surface area contributed by atoms with Gasteiger partial charge in [0, 0.05) is 12.3 Å². The Kier molecular flexibility index (Phi) is 5.95. The number of benzene rings is 3. The first-order valence-corrected chi connectivity index (χ1v) is 9.74. The van der Waals surface area contributed by atoms with E-state index in [2.05, 4.69) is 91.9 Å². The van der Waals surface area contributed by atoms with Gasteiger partial charge in [-0.15, -0.1) is 11.8 Å². The minimum absolute atomic E-state index is 0.129. The Morgan fingerprint density at radius 2 is 1.32 bits per heavy atom. The summed E-state index contributed by atoms with van der Waals surface area (Å²) in [6, 6.07) is 30.5. The fourth-order valence-corrected chi connectivity index (χ4v) is 4.58. The number of hydrogen-bond acceptors (Lipinski definition) is 2. The fourth-order valence-electron chi connectivity index (χ4n) is 3.24. The summed E-state index contributed by atoms with van der Waals surface area (Å²) < 4.78 is -0.129. The first kappa shape index (κ1) is 17.8. The average molecular weight is 348 g/mol. The molecule has 0 heterocycles. The smallest absolute Gasteiger partial charge is 0.0697 e. The van der Waals surface area contributed by atoms with Crippen molar-refractivity contribution in [1.29, 1.82) is 0 Å². The average Bonchev–Trinajstić information content (AvgIpc) is 2.67. The van der Waals surface area contributed by atoms with Gasteiger partial charge in [-0.1, -0.05) is 90.5 Å². The summed E-state index contributed by atoms with van der Waals surface area (Å²) in [5.41, 5.74) is 11.2. The Hall–Kier alpha value is -2.03. The first-order valence-electron chi connectivity index (χ1n) is 8.75. The van der Waals surface area contributed by atoms with E-state index in [4.69, 9.17) is 5.73 Å². The largest absolute Gasteiger partial charge is 0.330 e. The van der Waals surface area contributed by atoms with E-state index in [9.17, 15) is 0 Å². The van der Waals surface area contributed by atoms with Crippen molar-refractivity contribution in [2.24, 2.45) is 5.73 Å². The summed E-state index contributed by atoms with van der Waals surface area (Å²) in [5, 5.41) is 0. The lowest BCUT2D eigenvalue weighted by Crippen LogP contribution is -2.28. The number of aryl methyl sites for hydroxylation is 1. The maximum absolute atomic E-state index is 5.89. The van der Waals surface area contributed by atoms with Crippen LogP contribution in [0.1, 0.15) is 22.3 Å². The van der Waals surface area contributed by atoms with Crippen LogP contribution in [0.3, 0.4) is 0 Å². The fraction of sp³-hybridized carbons (Fsp3) is 0.217. The molecular formula is C23H25NS. The third kappa shape index (κ3) is 4.15. The molecule has 0 aromatic heterocycles. The summed E-state index contributed by atoms with van der Waals surface area (Å²) in [6.45, 7) is 2.82. The second-order valence-electron chi connectivity index (χ2n) is 6.36. The van der Waals surface area contributed by atoms with E-state index in [1.165, 1.54) is 22.3 Å². The maximum Gasteiger partial charge on any atom is 0.0697 e. The summed E-state index contributed by atoms with van der Waals surface area (Å²) in [7, 11) is 0. The molecule has 0 radical (unpaired) electrons. The Balaban J connectivity index is 2.14. The number of thioether (sulfide) groups is 1. The Morgan fingerprint density at radius 1 is 0.760 bits per heavy atom. The molecule has 25 heavy (non-hydrogen) atoms. The van der Waals surface area contributed by atoms with Crippen molar-refractivity contribution < 1.29 is 0 Å². The highest BCUT2D eigenvalue weighted by molar-refractivity contribution is 8.00. The van der Waals surface area contributed by atoms with Crippen molar-refractivity contribution in [1.82, 2.24) is 0 Å². The van der Waals surface area contributed by atoms with Gasteiger partial charge in [0.15, 0.2) is 0 Å². The zero-order valence-electron chi connectivity index (χ0n) is 14.7. The highest BCUT2D eigenvalue weighted by Gasteiger charge is 2.34. The molecule has 0 fully saturated rings. The molecule has 1 nitrogen and oxygen atoms in total. The van der Waals surface area contributed by atoms with Crippen LogP contribution >= 0.6 is 11.8 Å². The summed E-state index contributed by atoms with van der Waals surface area (Å²) >= 11 is 1.95.